The lowest BCUT2D eigenvalue weighted by molar-refractivity contribution is 0.953. The predicted octanol–water partition coefficient (Wildman–Crippen LogP) is 1.73. The summed E-state index contributed by atoms with van der Waals surface area (Å²) in [6.07, 6.45) is 0. The first kappa shape index (κ1) is 7.67. The number of pyridine rings is 1. The van der Waals surface area contributed by atoms with Crippen LogP contribution in [0.3, 0.4) is 0 Å². The molecule has 2 rings (SSSR count). The van der Waals surface area contributed by atoms with Crippen molar-refractivity contribution < 1.29 is 0 Å². The van der Waals surface area contributed by atoms with E-state index in [0.29, 0.717) is 5.65 Å². The molecular formula is C7H7BrN4. The average molecular weight is 227 g/mol. The summed E-state index contributed by atoms with van der Waals surface area (Å²) in [5.74, 6) is 0. The normalized spacial score (nSPS) is 10.9. The Morgan fingerprint density at radius 3 is 2.75 bits per heavy atom. The van der Waals surface area contributed by atoms with Crippen LogP contribution in [-0.4, -0.2) is 20.4 Å². The van der Waals surface area contributed by atoms with Gasteiger partial charge in [0, 0.05) is 4.47 Å². The molecule has 0 fully saturated rings. The number of halogens is 1. The molecular weight excluding hydrogens is 220 g/mol. The van der Waals surface area contributed by atoms with Crippen LogP contribution in [0.5, 0.6) is 0 Å². The van der Waals surface area contributed by atoms with Gasteiger partial charge in [-0.15, -0.1) is 5.10 Å². The molecule has 0 unspecified atom stereocenters. The summed E-state index contributed by atoms with van der Waals surface area (Å²) < 4.78 is 1.00. The average Bonchev–Trinajstić information content (AvgIpc) is 2.48. The fourth-order valence-electron chi connectivity index (χ4n) is 1.14. The number of rotatable bonds is 0. The molecule has 2 aromatic rings. The second kappa shape index (κ2) is 2.52. The van der Waals surface area contributed by atoms with Crippen LogP contribution in [0.15, 0.2) is 4.47 Å². The van der Waals surface area contributed by atoms with E-state index in [2.05, 4.69) is 36.3 Å². The molecule has 0 saturated carbocycles. The zero-order valence-electron chi connectivity index (χ0n) is 6.72. The molecule has 0 aliphatic carbocycles. The van der Waals surface area contributed by atoms with Crippen molar-refractivity contribution in [3.8, 4) is 0 Å². The van der Waals surface area contributed by atoms with Crippen LogP contribution >= 0.6 is 15.9 Å². The molecule has 0 aromatic carbocycles. The molecule has 0 radical (unpaired) electrons. The summed E-state index contributed by atoms with van der Waals surface area (Å²) in [5.41, 5.74) is 3.51. The highest BCUT2D eigenvalue weighted by molar-refractivity contribution is 9.10. The standard InChI is InChI=1S/C7H7BrN4/c1-3-5(8)4(2)9-7-6(3)10-12-11-7/h1-2H3,(H,9,10,11,12). The van der Waals surface area contributed by atoms with E-state index in [9.17, 15) is 0 Å². The Morgan fingerprint density at radius 2 is 2.00 bits per heavy atom. The maximum Gasteiger partial charge on any atom is 0.202 e. The summed E-state index contributed by atoms with van der Waals surface area (Å²) in [7, 11) is 0. The highest BCUT2D eigenvalue weighted by Gasteiger charge is 2.08. The first-order chi connectivity index (χ1) is 5.70. The number of aromatic nitrogens is 4. The van der Waals surface area contributed by atoms with E-state index >= 15 is 0 Å². The molecule has 2 aromatic heterocycles. The van der Waals surface area contributed by atoms with Gasteiger partial charge in [-0.05, 0) is 35.3 Å². The van der Waals surface area contributed by atoms with Crippen molar-refractivity contribution >= 4 is 27.1 Å². The molecule has 0 bridgehead atoms. The van der Waals surface area contributed by atoms with Gasteiger partial charge in [0.25, 0.3) is 0 Å². The Balaban J connectivity index is 2.94. The zero-order valence-corrected chi connectivity index (χ0v) is 8.31. The van der Waals surface area contributed by atoms with Crippen LogP contribution < -0.4 is 0 Å². The van der Waals surface area contributed by atoms with Crippen molar-refractivity contribution in [2.24, 2.45) is 0 Å². The molecule has 0 atom stereocenters. The zero-order chi connectivity index (χ0) is 8.72. The minimum absolute atomic E-state index is 0.674. The smallest absolute Gasteiger partial charge is 0.202 e. The maximum atomic E-state index is 4.24. The fraction of sp³-hybridized carbons (Fsp3) is 0.286. The lowest BCUT2D eigenvalue weighted by Crippen LogP contribution is -1.89. The third-order valence-electron chi connectivity index (χ3n) is 1.81. The second-order valence-electron chi connectivity index (χ2n) is 2.63. The van der Waals surface area contributed by atoms with Gasteiger partial charge < -0.3 is 0 Å². The van der Waals surface area contributed by atoms with Gasteiger partial charge in [0.15, 0.2) is 0 Å². The largest absolute Gasteiger partial charge is 0.229 e. The predicted molar refractivity (Wildman–Crippen MR) is 48.9 cm³/mol. The van der Waals surface area contributed by atoms with Crippen LogP contribution in [0.1, 0.15) is 11.3 Å². The molecule has 2 heterocycles. The molecule has 0 saturated heterocycles. The number of hydrogen-bond donors (Lipinski definition) is 1. The van der Waals surface area contributed by atoms with E-state index in [1.165, 1.54) is 0 Å². The molecule has 4 nitrogen and oxygen atoms in total. The molecule has 12 heavy (non-hydrogen) atoms. The Kier molecular flexibility index (Phi) is 1.61. The lowest BCUT2D eigenvalue weighted by atomic mass is 10.2. The number of fused-ring (bicyclic) bond motifs is 1. The van der Waals surface area contributed by atoms with Crippen LogP contribution in [0, 0.1) is 13.8 Å². The van der Waals surface area contributed by atoms with Gasteiger partial charge in [-0.25, -0.2) is 4.98 Å². The van der Waals surface area contributed by atoms with E-state index in [1.807, 2.05) is 13.8 Å². The van der Waals surface area contributed by atoms with E-state index in [0.717, 1.165) is 21.2 Å². The molecule has 0 amide bonds. The molecule has 0 aliphatic heterocycles. The van der Waals surface area contributed by atoms with Crippen LogP contribution in [0.2, 0.25) is 0 Å². The van der Waals surface area contributed by atoms with Crippen molar-refractivity contribution in [1.29, 1.82) is 0 Å². The van der Waals surface area contributed by atoms with E-state index < -0.39 is 0 Å². The van der Waals surface area contributed by atoms with Gasteiger partial charge in [-0.2, -0.15) is 10.3 Å². The second-order valence-corrected chi connectivity index (χ2v) is 3.43. The Hall–Kier alpha value is -0.970. The Labute approximate surface area is 77.5 Å². The maximum absolute atomic E-state index is 4.24. The van der Waals surface area contributed by atoms with Crippen LogP contribution in [0.4, 0.5) is 0 Å². The number of aromatic amines is 1. The fourth-order valence-corrected chi connectivity index (χ4v) is 1.41. The van der Waals surface area contributed by atoms with Crippen molar-refractivity contribution in [2.75, 3.05) is 0 Å². The minimum Gasteiger partial charge on any atom is -0.229 e. The van der Waals surface area contributed by atoms with Gasteiger partial charge >= 0.3 is 0 Å². The first-order valence-corrected chi connectivity index (χ1v) is 4.32. The molecule has 5 heteroatoms. The molecule has 0 aliphatic rings. The van der Waals surface area contributed by atoms with Gasteiger partial charge in [0.05, 0.1) is 5.69 Å². The van der Waals surface area contributed by atoms with E-state index in [-0.39, 0.29) is 0 Å². The van der Waals surface area contributed by atoms with E-state index in [4.69, 9.17) is 0 Å². The molecule has 0 spiro atoms. The van der Waals surface area contributed by atoms with Crippen LogP contribution in [0.25, 0.3) is 11.2 Å². The topological polar surface area (TPSA) is 54.5 Å². The molecule has 62 valence electrons. The monoisotopic (exact) mass is 226 g/mol. The van der Waals surface area contributed by atoms with Gasteiger partial charge in [0.2, 0.25) is 5.65 Å². The quantitative estimate of drug-likeness (QED) is 0.745. The minimum atomic E-state index is 0.674. The first-order valence-electron chi connectivity index (χ1n) is 3.53. The van der Waals surface area contributed by atoms with Gasteiger partial charge in [-0.1, -0.05) is 0 Å². The summed E-state index contributed by atoms with van der Waals surface area (Å²) in [6.45, 7) is 3.93. The third-order valence-corrected chi connectivity index (χ3v) is 2.97. The Morgan fingerprint density at radius 1 is 1.25 bits per heavy atom. The van der Waals surface area contributed by atoms with Gasteiger partial charge in [-0.3, -0.25) is 0 Å². The molecule has 1 N–H and O–H groups in total. The third kappa shape index (κ3) is 0.929. The van der Waals surface area contributed by atoms with Crippen LogP contribution in [-0.2, 0) is 0 Å². The van der Waals surface area contributed by atoms with Crippen molar-refractivity contribution in [3.63, 3.8) is 0 Å². The summed E-state index contributed by atoms with van der Waals surface area (Å²) >= 11 is 3.44. The van der Waals surface area contributed by atoms with Crippen molar-refractivity contribution in [1.82, 2.24) is 20.4 Å². The Bertz CT molecular complexity index is 434. The summed E-state index contributed by atoms with van der Waals surface area (Å²) in [4.78, 5) is 4.24. The van der Waals surface area contributed by atoms with Gasteiger partial charge in [0.1, 0.15) is 5.52 Å². The number of nitrogens with one attached hydrogen (secondary N) is 1. The van der Waals surface area contributed by atoms with Crippen molar-refractivity contribution in [2.45, 2.75) is 13.8 Å². The SMILES string of the molecule is Cc1nc2n[nH]nc2c(C)c1Br. The lowest BCUT2D eigenvalue weighted by Gasteiger charge is -1.99. The van der Waals surface area contributed by atoms with E-state index in [1.54, 1.807) is 0 Å². The highest BCUT2D eigenvalue weighted by Crippen LogP contribution is 2.23. The number of aryl methyl sites for hydroxylation is 2. The number of H-pyrrole nitrogens is 1. The number of nitrogens with zero attached hydrogens (tertiary/aromatic N) is 3. The highest BCUT2D eigenvalue weighted by atomic mass is 79.9. The number of hydrogen-bond acceptors (Lipinski definition) is 3. The summed E-state index contributed by atoms with van der Waals surface area (Å²) in [6, 6.07) is 0. The summed E-state index contributed by atoms with van der Waals surface area (Å²) in [5, 5.41) is 10.5. The van der Waals surface area contributed by atoms with Crippen molar-refractivity contribution in [3.05, 3.63) is 15.7 Å².